The zero-order chi connectivity index (χ0) is 42.7. The molecule has 0 aliphatic carbocycles. The topological polar surface area (TPSA) is 112 Å². The van der Waals surface area contributed by atoms with Crippen molar-refractivity contribution >= 4 is 68.8 Å². The molecule has 0 aliphatic rings. The number of nitrogen functional groups attached to an aromatic ring is 2. The van der Waals surface area contributed by atoms with Crippen LogP contribution in [0.2, 0.25) is 0 Å². The fourth-order valence-electron chi connectivity index (χ4n) is 4.93. The molecule has 0 fully saturated rings. The molecule has 0 bridgehead atoms. The Bertz CT molecular complexity index is 2340. The SMILES string of the molecule is ClC(Cl)Cl.Fc1cc(F)cc(-c2nc3ccccc3nc2-c2cc(F)cc(F)c2)c1.Nc1ccccc1N.O=C(C(=O)c1cc(F)cc(F)c1)c1cc(F)cc(F)c1. The number of rotatable bonds is 5. The van der Waals surface area contributed by atoms with E-state index in [-0.39, 0.29) is 22.5 Å². The van der Waals surface area contributed by atoms with Crippen LogP contribution in [-0.2, 0) is 0 Å². The molecule has 7 aromatic rings. The molecule has 0 spiro atoms. The third kappa shape index (κ3) is 13.0. The minimum absolute atomic E-state index is 0.125. The summed E-state index contributed by atoms with van der Waals surface area (Å²) < 4.78 is 106. The van der Waals surface area contributed by atoms with Crippen molar-refractivity contribution in [2.75, 3.05) is 11.5 Å². The fourth-order valence-corrected chi connectivity index (χ4v) is 4.93. The normalized spacial score (nSPS) is 10.4. The van der Waals surface area contributed by atoms with Crippen molar-refractivity contribution in [3.05, 3.63) is 179 Å². The van der Waals surface area contributed by atoms with Crippen LogP contribution >= 0.6 is 34.8 Å². The summed E-state index contributed by atoms with van der Waals surface area (Å²) in [5, 5.41) is 0. The maximum absolute atomic E-state index is 13.7. The van der Waals surface area contributed by atoms with E-state index in [1.165, 1.54) is 0 Å². The van der Waals surface area contributed by atoms with E-state index in [9.17, 15) is 44.7 Å². The minimum Gasteiger partial charge on any atom is -0.397 e. The molecule has 6 aromatic carbocycles. The molecular weight excluding hydrogens is 839 g/mol. The molecule has 0 radical (unpaired) electrons. The average molecular weight is 864 g/mol. The van der Waals surface area contributed by atoms with E-state index in [1.54, 1.807) is 36.4 Å². The molecule has 58 heavy (non-hydrogen) atoms. The first-order valence-corrected chi connectivity index (χ1v) is 17.4. The van der Waals surface area contributed by atoms with Crippen LogP contribution in [0.1, 0.15) is 20.7 Å². The number of hydrogen-bond donors (Lipinski definition) is 2. The predicted molar refractivity (Wildman–Crippen MR) is 208 cm³/mol. The first kappa shape index (κ1) is 44.6. The van der Waals surface area contributed by atoms with Gasteiger partial charge < -0.3 is 11.5 Å². The number of halogens is 11. The van der Waals surface area contributed by atoms with E-state index in [1.807, 2.05) is 12.1 Å². The number of carbonyl (C=O) groups excluding carboxylic acids is 2. The number of alkyl halides is 3. The van der Waals surface area contributed by atoms with Gasteiger partial charge in [0, 0.05) is 46.5 Å². The highest BCUT2D eigenvalue weighted by molar-refractivity contribution is 6.63. The Labute approximate surface area is 339 Å². The van der Waals surface area contributed by atoms with Gasteiger partial charge in [0.25, 0.3) is 0 Å². The lowest BCUT2D eigenvalue weighted by molar-refractivity contribution is 0.0816. The summed E-state index contributed by atoms with van der Waals surface area (Å²) in [6, 6.07) is 23.7. The van der Waals surface area contributed by atoms with Gasteiger partial charge in [-0.15, -0.1) is 0 Å². The van der Waals surface area contributed by atoms with Crippen LogP contribution in [0, 0.1) is 46.5 Å². The lowest BCUT2D eigenvalue weighted by Gasteiger charge is -2.11. The Morgan fingerprint density at radius 2 is 0.672 bits per heavy atom. The van der Waals surface area contributed by atoms with Crippen LogP contribution in [0.4, 0.5) is 46.5 Å². The van der Waals surface area contributed by atoms with Gasteiger partial charge in [0.2, 0.25) is 11.6 Å². The summed E-state index contributed by atoms with van der Waals surface area (Å²) in [7, 11) is 0. The van der Waals surface area contributed by atoms with Crippen LogP contribution in [0.5, 0.6) is 0 Å². The van der Waals surface area contributed by atoms with Crippen molar-refractivity contribution in [1.29, 1.82) is 0 Å². The van der Waals surface area contributed by atoms with Crippen LogP contribution in [0.3, 0.4) is 0 Å². The number of nitrogens with zero attached hydrogens (tertiary/aromatic N) is 2. The molecule has 0 amide bonds. The smallest absolute Gasteiger partial charge is 0.233 e. The lowest BCUT2D eigenvalue weighted by Crippen LogP contribution is -2.15. The molecule has 0 unspecified atom stereocenters. The van der Waals surface area contributed by atoms with Gasteiger partial charge in [-0.05, 0) is 72.8 Å². The van der Waals surface area contributed by atoms with Gasteiger partial charge in [-0.2, -0.15) is 0 Å². The largest absolute Gasteiger partial charge is 0.397 e. The van der Waals surface area contributed by atoms with E-state index in [2.05, 4.69) is 9.97 Å². The van der Waals surface area contributed by atoms with Crippen LogP contribution in [-0.4, -0.2) is 25.8 Å². The number of benzene rings is 6. The zero-order valence-electron chi connectivity index (χ0n) is 29.1. The van der Waals surface area contributed by atoms with Gasteiger partial charge in [0.15, 0.2) is 4.30 Å². The van der Waals surface area contributed by atoms with Gasteiger partial charge in [0.1, 0.15) is 46.5 Å². The number of ketones is 2. The number of aromatic nitrogens is 2. The van der Waals surface area contributed by atoms with E-state index in [4.69, 9.17) is 46.3 Å². The zero-order valence-corrected chi connectivity index (χ0v) is 31.4. The molecule has 0 saturated heterocycles. The molecule has 1 heterocycles. The van der Waals surface area contributed by atoms with Crippen LogP contribution in [0.15, 0.2) is 121 Å². The Balaban J connectivity index is 0.000000204. The standard InChI is InChI=1S/C20H10F4N2.C14H6F4O2.C6H8N2.CHCl3/c21-13-5-11(6-14(22)9-13)19-20(12-7-15(23)10-16(24)8-12)26-18-4-2-1-3-17(18)25-19;15-9-1-7(2-10(16)5-9)13(19)14(20)8-3-11(17)6-12(18)4-8;7-5-3-1-2-4-6(5)8;2-1(3)4/h1-10H;1-6H;1-4H,7-8H2;1H. The molecule has 6 nitrogen and oxygen atoms in total. The van der Waals surface area contributed by atoms with E-state index < -0.39 is 73.5 Å². The lowest BCUT2D eigenvalue weighted by atomic mass is 10.0. The first-order chi connectivity index (χ1) is 27.4. The number of hydrogen-bond acceptors (Lipinski definition) is 6. The van der Waals surface area contributed by atoms with Crippen molar-refractivity contribution in [2.24, 2.45) is 0 Å². The quantitative estimate of drug-likeness (QED) is 0.0586. The highest BCUT2D eigenvalue weighted by Crippen LogP contribution is 2.32. The van der Waals surface area contributed by atoms with Crippen LogP contribution < -0.4 is 11.5 Å². The van der Waals surface area contributed by atoms with Gasteiger partial charge in [-0.3, -0.25) is 9.59 Å². The summed E-state index contributed by atoms with van der Waals surface area (Å²) in [6.45, 7) is 0. The molecule has 298 valence electrons. The monoisotopic (exact) mass is 862 g/mol. The number of para-hydroxylation sites is 4. The van der Waals surface area contributed by atoms with Gasteiger partial charge in [0.05, 0.1) is 33.8 Å². The van der Waals surface area contributed by atoms with E-state index in [0.29, 0.717) is 58.8 Å². The van der Waals surface area contributed by atoms with E-state index in [0.717, 1.165) is 36.4 Å². The molecule has 1 aromatic heterocycles. The summed E-state index contributed by atoms with van der Waals surface area (Å²) in [4.78, 5) is 32.3. The Morgan fingerprint density at radius 1 is 0.431 bits per heavy atom. The van der Waals surface area contributed by atoms with Gasteiger partial charge in [-0.1, -0.05) is 59.1 Å². The third-order valence-corrected chi connectivity index (χ3v) is 7.29. The maximum atomic E-state index is 13.7. The number of carbonyl (C=O) groups is 2. The van der Waals surface area contributed by atoms with Crippen molar-refractivity contribution in [1.82, 2.24) is 9.97 Å². The molecule has 0 saturated carbocycles. The number of fused-ring (bicyclic) bond motifs is 1. The minimum atomic E-state index is -1.26. The second-order valence-corrected chi connectivity index (χ2v) is 13.6. The molecule has 7 rings (SSSR count). The summed E-state index contributed by atoms with van der Waals surface area (Å²) in [5.74, 6) is -9.80. The summed E-state index contributed by atoms with van der Waals surface area (Å²) >= 11 is 14.4. The Kier molecular flexibility index (Phi) is 15.7. The Morgan fingerprint density at radius 3 is 0.931 bits per heavy atom. The number of Topliss-reactive ketones (excluding diaryl/α,β-unsaturated/α-hetero) is 2. The van der Waals surface area contributed by atoms with Crippen molar-refractivity contribution < 1.29 is 44.7 Å². The number of nitrogens with two attached hydrogens (primary N) is 2. The van der Waals surface area contributed by atoms with Gasteiger partial charge in [-0.25, -0.2) is 45.1 Å². The highest BCUT2D eigenvalue weighted by Gasteiger charge is 2.21. The van der Waals surface area contributed by atoms with Crippen molar-refractivity contribution in [3.8, 4) is 22.5 Å². The molecular formula is C41H25Cl3F8N4O2. The summed E-state index contributed by atoms with van der Waals surface area (Å²) in [5.41, 5.74) is 12.5. The third-order valence-electron chi connectivity index (χ3n) is 7.29. The fraction of sp³-hybridized carbons (Fsp3) is 0.0244. The van der Waals surface area contributed by atoms with Crippen molar-refractivity contribution in [2.45, 2.75) is 4.30 Å². The van der Waals surface area contributed by atoms with Crippen molar-refractivity contribution in [3.63, 3.8) is 0 Å². The second-order valence-electron chi connectivity index (χ2n) is 11.6. The second kappa shape index (κ2) is 20.4. The predicted octanol–water partition coefficient (Wildman–Crippen LogP) is 11.7. The Hall–Kier alpha value is -6.09. The molecule has 17 heteroatoms. The van der Waals surface area contributed by atoms with Gasteiger partial charge >= 0.3 is 0 Å². The molecule has 4 N–H and O–H groups in total. The molecule has 0 aliphatic heterocycles. The maximum Gasteiger partial charge on any atom is 0.233 e. The van der Waals surface area contributed by atoms with Crippen LogP contribution in [0.25, 0.3) is 33.5 Å². The average Bonchev–Trinajstić information content (AvgIpc) is 3.13. The van der Waals surface area contributed by atoms with E-state index >= 15 is 0 Å². The number of anilines is 2. The molecule has 0 atom stereocenters. The summed E-state index contributed by atoms with van der Waals surface area (Å²) in [6.07, 6.45) is 0. The first-order valence-electron chi connectivity index (χ1n) is 16.1. The highest BCUT2D eigenvalue weighted by atomic mass is 35.6.